The van der Waals surface area contributed by atoms with E-state index in [0.717, 1.165) is 12.8 Å². The number of hydrogen-bond acceptors (Lipinski definition) is 4. The van der Waals surface area contributed by atoms with Crippen LogP contribution in [0.3, 0.4) is 0 Å². The molecule has 0 bridgehead atoms. The minimum atomic E-state index is -0.430. The molecule has 0 fully saturated rings. The van der Waals surface area contributed by atoms with Gasteiger partial charge in [0.2, 0.25) is 0 Å². The monoisotopic (exact) mass is 200 g/mol. The number of carbonyl (C=O) groups excluding carboxylic acids is 1. The van der Waals surface area contributed by atoms with Crippen molar-refractivity contribution in [2.24, 2.45) is 0 Å². The van der Waals surface area contributed by atoms with Crippen LogP contribution < -0.4 is 0 Å². The maximum atomic E-state index is 11.2. The Hall–Kier alpha value is -1.03. The van der Waals surface area contributed by atoms with Crippen LogP contribution in [-0.4, -0.2) is 17.7 Å². The lowest BCUT2D eigenvalue weighted by molar-refractivity contribution is 0.0502. The van der Waals surface area contributed by atoms with E-state index in [1.165, 1.54) is 17.4 Å². The van der Waals surface area contributed by atoms with E-state index in [1.54, 1.807) is 5.38 Å². The number of rotatable bonds is 4. The van der Waals surface area contributed by atoms with Gasteiger partial charge in [0.1, 0.15) is 5.75 Å². The van der Waals surface area contributed by atoms with Crippen LogP contribution in [0, 0.1) is 0 Å². The van der Waals surface area contributed by atoms with Crippen molar-refractivity contribution in [2.75, 3.05) is 6.61 Å². The second-order valence-electron chi connectivity index (χ2n) is 2.62. The Kier molecular flexibility index (Phi) is 3.76. The van der Waals surface area contributed by atoms with Crippen LogP contribution in [0.5, 0.6) is 5.75 Å². The van der Waals surface area contributed by atoms with Crippen LogP contribution in [0.4, 0.5) is 0 Å². The third-order valence-corrected chi connectivity index (χ3v) is 2.44. The van der Waals surface area contributed by atoms with E-state index < -0.39 is 5.97 Å². The summed E-state index contributed by atoms with van der Waals surface area (Å²) in [4.78, 5) is 11.5. The molecule has 1 heterocycles. The molecule has 0 aliphatic rings. The lowest BCUT2D eigenvalue weighted by atomic mass is 10.4. The fourth-order valence-electron chi connectivity index (χ4n) is 0.830. The van der Waals surface area contributed by atoms with E-state index in [2.05, 4.69) is 0 Å². The molecule has 0 unspecified atom stereocenters. The van der Waals surface area contributed by atoms with E-state index in [1.807, 2.05) is 6.92 Å². The molecule has 0 atom stereocenters. The maximum Gasteiger partial charge on any atom is 0.352 e. The molecule has 1 rings (SSSR count). The zero-order chi connectivity index (χ0) is 9.68. The van der Waals surface area contributed by atoms with Crippen molar-refractivity contribution in [3.8, 4) is 5.75 Å². The van der Waals surface area contributed by atoms with E-state index in [0.29, 0.717) is 6.61 Å². The largest absolute Gasteiger partial charge is 0.506 e. The smallest absolute Gasteiger partial charge is 0.352 e. The molecule has 1 N–H and O–H groups in total. The summed E-state index contributed by atoms with van der Waals surface area (Å²) in [5.74, 6) is -0.424. The fraction of sp³-hybridized carbons (Fsp3) is 0.444. The Bertz CT molecular complexity index is 280. The topological polar surface area (TPSA) is 46.5 Å². The van der Waals surface area contributed by atoms with Gasteiger partial charge in [0, 0.05) is 0 Å². The molecule has 3 nitrogen and oxygen atoms in total. The normalized spacial score (nSPS) is 9.92. The minimum absolute atomic E-state index is 0.00602. The SMILES string of the molecule is CCCCOC(=O)c1sccc1O. The predicted molar refractivity (Wildman–Crippen MR) is 51.2 cm³/mol. The highest BCUT2D eigenvalue weighted by molar-refractivity contribution is 7.12. The first kappa shape index (κ1) is 10.1. The summed E-state index contributed by atoms with van der Waals surface area (Å²) in [7, 11) is 0. The first-order valence-electron chi connectivity index (χ1n) is 4.19. The Morgan fingerprint density at radius 3 is 3.00 bits per heavy atom. The number of aromatic hydroxyl groups is 1. The number of ether oxygens (including phenoxy) is 1. The molecule has 0 amide bonds. The Labute approximate surface area is 81.0 Å². The van der Waals surface area contributed by atoms with Gasteiger partial charge in [0.25, 0.3) is 0 Å². The summed E-state index contributed by atoms with van der Waals surface area (Å²) >= 11 is 1.19. The highest BCUT2D eigenvalue weighted by Gasteiger charge is 2.13. The molecule has 0 saturated carbocycles. The Balaban J connectivity index is 2.45. The zero-order valence-corrected chi connectivity index (χ0v) is 8.26. The van der Waals surface area contributed by atoms with Gasteiger partial charge in [-0.05, 0) is 17.9 Å². The first-order chi connectivity index (χ1) is 6.25. The second-order valence-corrected chi connectivity index (χ2v) is 3.54. The molecule has 0 spiro atoms. The zero-order valence-electron chi connectivity index (χ0n) is 7.45. The lowest BCUT2D eigenvalue weighted by Gasteiger charge is -2.01. The number of unbranched alkanes of at least 4 members (excludes halogenated alkanes) is 1. The van der Waals surface area contributed by atoms with Crippen molar-refractivity contribution in [3.63, 3.8) is 0 Å². The molecule has 0 aliphatic carbocycles. The predicted octanol–water partition coefficient (Wildman–Crippen LogP) is 2.41. The molecule has 72 valence electrons. The van der Waals surface area contributed by atoms with Crippen molar-refractivity contribution in [1.82, 2.24) is 0 Å². The van der Waals surface area contributed by atoms with E-state index in [-0.39, 0.29) is 10.6 Å². The van der Waals surface area contributed by atoms with E-state index in [9.17, 15) is 9.90 Å². The maximum absolute atomic E-state index is 11.2. The van der Waals surface area contributed by atoms with Gasteiger partial charge in [-0.25, -0.2) is 4.79 Å². The summed E-state index contributed by atoms with van der Waals surface area (Å²) in [5, 5.41) is 10.8. The summed E-state index contributed by atoms with van der Waals surface area (Å²) in [6.45, 7) is 2.45. The molecule has 4 heteroatoms. The standard InChI is InChI=1S/C9H12O3S/c1-2-3-5-12-9(11)8-7(10)4-6-13-8/h4,6,10H,2-3,5H2,1H3. The third-order valence-electron chi connectivity index (χ3n) is 1.56. The van der Waals surface area contributed by atoms with Gasteiger partial charge in [-0.1, -0.05) is 13.3 Å². The van der Waals surface area contributed by atoms with E-state index >= 15 is 0 Å². The average molecular weight is 200 g/mol. The van der Waals surface area contributed by atoms with Gasteiger partial charge in [-0.2, -0.15) is 0 Å². The number of thiophene rings is 1. The molecule has 1 aromatic rings. The third kappa shape index (κ3) is 2.73. The van der Waals surface area contributed by atoms with E-state index in [4.69, 9.17) is 4.74 Å². The first-order valence-corrected chi connectivity index (χ1v) is 5.07. The van der Waals surface area contributed by atoms with Gasteiger partial charge in [0.15, 0.2) is 4.88 Å². The van der Waals surface area contributed by atoms with Crippen molar-refractivity contribution in [1.29, 1.82) is 0 Å². The molecule has 0 radical (unpaired) electrons. The number of esters is 1. The molecular weight excluding hydrogens is 188 g/mol. The number of carbonyl (C=O) groups is 1. The highest BCUT2D eigenvalue weighted by Crippen LogP contribution is 2.23. The van der Waals surface area contributed by atoms with Crippen molar-refractivity contribution in [2.45, 2.75) is 19.8 Å². The Morgan fingerprint density at radius 2 is 2.46 bits per heavy atom. The highest BCUT2D eigenvalue weighted by atomic mass is 32.1. The summed E-state index contributed by atoms with van der Waals surface area (Å²) in [6, 6.07) is 1.49. The molecule has 0 aliphatic heterocycles. The fourth-order valence-corrected chi connectivity index (χ4v) is 1.51. The lowest BCUT2D eigenvalue weighted by Crippen LogP contribution is -2.04. The van der Waals surface area contributed by atoms with Gasteiger partial charge >= 0.3 is 5.97 Å². The minimum Gasteiger partial charge on any atom is -0.506 e. The quantitative estimate of drug-likeness (QED) is 0.599. The molecule has 0 aromatic carbocycles. The van der Waals surface area contributed by atoms with Gasteiger partial charge in [0.05, 0.1) is 6.61 Å². The molecule has 1 aromatic heterocycles. The summed E-state index contributed by atoms with van der Waals surface area (Å²) < 4.78 is 4.92. The van der Waals surface area contributed by atoms with Crippen LogP contribution >= 0.6 is 11.3 Å². The van der Waals surface area contributed by atoms with Crippen molar-refractivity contribution < 1.29 is 14.6 Å². The molecule has 0 saturated heterocycles. The van der Waals surface area contributed by atoms with Crippen LogP contribution in [0.25, 0.3) is 0 Å². The second kappa shape index (κ2) is 4.87. The summed E-state index contributed by atoms with van der Waals surface area (Å²) in [5.41, 5.74) is 0. The number of hydrogen-bond donors (Lipinski definition) is 1. The van der Waals surface area contributed by atoms with Crippen LogP contribution in [0.2, 0.25) is 0 Å². The summed E-state index contributed by atoms with van der Waals surface area (Å²) in [6.07, 6.45) is 1.85. The van der Waals surface area contributed by atoms with Gasteiger partial charge in [-0.15, -0.1) is 11.3 Å². The van der Waals surface area contributed by atoms with Crippen molar-refractivity contribution >= 4 is 17.3 Å². The van der Waals surface area contributed by atoms with Gasteiger partial charge in [-0.3, -0.25) is 0 Å². The van der Waals surface area contributed by atoms with Crippen LogP contribution in [-0.2, 0) is 4.74 Å². The average Bonchev–Trinajstić information content (AvgIpc) is 2.52. The molecular formula is C9H12O3S. The van der Waals surface area contributed by atoms with Crippen LogP contribution in [0.15, 0.2) is 11.4 Å². The van der Waals surface area contributed by atoms with Crippen LogP contribution in [0.1, 0.15) is 29.4 Å². The Morgan fingerprint density at radius 1 is 1.69 bits per heavy atom. The molecule has 13 heavy (non-hydrogen) atoms. The van der Waals surface area contributed by atoms with Crippen molar-refractivity contribution in [3.05, 3.63) is 16.3 Å². The van der Waals surface area contributed by atoms with Gasteiger partial charge < -0.3 is 9.84 Å².